The van der Waals surface area contributed by atoms with Gasteiger partial charge in [-0.05, 0) is 36.1 Å². The van der Waals surface area contributed by atoms with E-state index < -0.39 is 0 Å². The van der Waals surface area contributed by atoms with Crippen LogP contribution < -0.4 is 10.5 Å². The number of benzene rings is 1. The summed E-state index contributed by atoms with van der Waals surface area (Å²) in [6, 6.07) is 3.25. The molecule has 4 N–H and O–H groups in total. The van der Waals surface area contributed by atoms with Gasteiger partial charge >= 0.3 is 0 Å². The minimum Gasteiger partial charge on any atom is -0.504 e. The topological polar surface area (TPSA) is 75.7 Å². The van der Waals surface area contributed by atoms with Gasteiger partial charge in [-0.1, -0.05) is 13.8 Å². The van der Waals surface area contributed by atoms with Gasteiger partial charge in [0.15, 0.2) is 11.5 Å². The molecular weight excluding hydrogens is 206 g/mol. The molecule has 4 heteroatoms. The zero-order valence-corrected chi connectivity index (χ0v) is 9.95. The van der Waals surface area contributed by atoms with E-state index in [2.05, 4.69) is 0 Å². The lowest BCUT2D eigenvalue weighted by Crippen LogP contribution is -2.25. The van der Waals surface area contributed by atoms with Crippen LogP contribution in [0, 0.1) is 5.41 Å². The second kappa shape index (κ2) is 4.61. The Labute approximate surface area is 95.7 Å². The molecule has 0 aromatic heterocycles. The number of ether oxygens (including phenoxy) is 1. The molecule has 0 aliphatic heterocycles. The highest BCUT2D eigenvalue weighted by Gasteiger charge is 2.18. The van der Waals surface area contributed by atoms with Crippen LogP contribution >= 0.6 is 0 Å². The number of rotatable bonds is 4. The van der Waals surface area contributed by atoms with E-state index >= 15 is 0 Å². The Hall–Kier alpha value is -1.42. The van der Waals surface area contributed by atoms with Crippen LogP contribution in [0.15, 0.2) is 12.1 Å². The molecule has 0 spiro atoms. The zero-order valence-electron chi connectivity index (χ0n) is 9.95. The molecule has 1 aromatic rings. The number of methoxy groups -OCH3 is 1. The SMILES string of the molecule is COc1cc(CC(C)(C)CN)cc(O)c1O. The number of aromatic hydroxyl groups is 2. The van der Waals surface area contributed by atoms with Gasteiger partial charge < -0.3 is 20.7 Å². The maximum Gasteiger partial charge on any atom is 0.200 e. The number of hydrogen-bond acceptors (Lipinski definition) is 4. The van der Waals surface area contributed by atoms with Gasteiger partial charge in [0.1, 0.15) is 0 Å². The van der Waals surface area contributed by atoms with Crippen molar-refractivity contribution in [3.05, 3.63) is 17.7 Å². The average Bonchev–Trinajstić information content (AvgIpc) is 2.22. The monoisotopic (exact) mass is 225 g/mol. The van der Waals surface area contributed by atoms with E-state index in [1.165, 1.54) is 13.2 Å². The molecule has 0 aliphatic carbocycles. The van der Waals surface area contributed by atoms with Crippen molar-refractivity contribution < 1.29 is 14.9 Å². The quantitative estimate of drug-likeness (QED) is 0.681. The first kappa shape index (κ1) is 12.6. The smallest absolute Gasteiger partial charge is 0.200 e. The molecule has 0 amide bonds. The van der Waals surface area contributed by atoms with Crippen molar-refractivity contribution in [2.45, 2.75) is 20.3 Å². The highest BCUT2D eigenvalue weighted by Crippen LogP contribution is 2.37. The van der Waals surface area contributed by atoms with Crippen molar-refractivity contribution in [1.29, 1.82) is 0 Å². The second-order valence-corrected chi connectivity index (χ2v) is 4.71. The van der Waals surface area contributed by atoms with Gasteiger partial charge in [0.05, 0.1) is 7.11 Å². The Kier molecular flexibility index (Phi) is 3.65. The van der Waals surface area contributed by atoms with E-state index in [4.69, 9.17) is 10.5 Å². The van der Waals surface area contributed by atoms with Crippen molar-refractivity contribution in [2.75, 3.05) is 13.7 Å². The summed E-state index contributed by atoms with van der Waals surface area (Å²) in [5, 5.41) is 19.0. The molecule has 0 atom stereocenters. The third kappa shape index (κ3) is 2.79. The summed E-state index contributed by atoms with van der Waals surface area (Å²) in [5.41, 5.74) is 6.49. The fourth-order valence-electron chi connectivity index (χ4n) is 1.53. The van der Waals surface area contributed by atoms with Crippen LogP contribution in [0.4, 0.5) is 0 Å². The Balaban J connectivity index is 3.03. The summed E-state index contributed by atoms with van der Waals surface area (Å²) in [6.07, 6.45) is 0.716. The van der Waals surface area contributed by atoms with Crippen molar-refractivity contribution in [2.24, 2.45) is 11.1 Å². The summed E-state index contributed by atoms with van der Waals surface area (Å²) in [4.78, 5) is 0. The maximum absolute atomic E-state index is 9.52. The summed E-state index contributed by atoms with van der Waals surface area (Å²) >= 11 is 0. The van der Waals surface area contributed by atoms with Crippen molar-refractivity contribution in [3.8, 4) is 17.2 Å². The van der Waals surface area contributed by atoms with E-state index in [9.17, 15) is 10.2 Å². The van der Waals surface area contributed by atoms with E-state index in [-0.39, 0.29) is 22.7 Å². The lowest BCUT2D eigenvalue weighted by molar-refractivity contribution is 0.345. The Morgan fingerprint density at radius 3 is 2.44 bits per heavy atom. The molecule has 1 rings (SSSR count). The predicted octanol–water partition coefficient (Wildman–Crippen LogP) is 1.63. The molecular formula is C12H19NO3. The number of phenolic OH excluding ortho intramolecular Hbond substituents is 2. The highest BCUT2D eigenvalue weighted by atomic mass is 16.5. The Morgan fingerprint density at radius 2 is 1.94 bits per heavy atom. The van der Waals surface area contributed by atoms with Crippen molar-refractivity contribution in [3.63, 3.8) is 0 Å². The first-order valence-electron chi connectivity index (χ1n) is 5.18. The molecule has 0 radical (unpaired) electrons. The molecule has 4 nitrogen and oxygen atoms in total. The molecule has 0 unspecified atom stereocenters. The van der Waals surface area contributed by atoms with Crippen LogP contribution in [0.3, 0.4) is 0 Å². The first-order valence-corrected chi connectivity index (χ1v) is 5.18. The minimum absolute atomic E-state index is 0.0472. The standard InChI is InChI=1S/C12H19NO3/c1-12(2,7-13)6-8-4-9(14)11(15)10(5-8)16-3/h4-5,14-15H,6-7,13H2,1-3H3. The van der Waals surface area contributed by atoms with Gasteiger partial charge in [0.2, 0.25) is 5.75 Å². The van der Waals surface area contributed by atoms with Gasteiger partial charge in [-0.3, -0.25) is 0 Å². The fourth-order valence-corrected chi connectivity index (χ4v) is 1.53. The van der Waals surface area contributed by atoms with E-state index in [1.807, 2.05) is 13.8 Å². The third-order valence-corrected chi connectivity index (χ3v) is 2.57. The molecule has 0 fully saturated rings. The predicted molar refractivity (Wildman–Crippen MR) is 62.9 cm³/mol. The fraction of sp³-hybridized carbons (Fsp3) is 0.500. The minimum atomic E-state index is -0.225. The molecule has 0 aliphatic rings. The maximum atomic E-state index is 9.52. The van der Waals surface area contributed by atoms with Gasteiger partial charge in [-0.25, -0.2) is 0 Å². The Bertz CT molecular complexity index is 375. The van der Waals surface area contributed by atoms with Crippen molar-refractivity contribution in [1.82, 2.24) is 0 Å². The zero-order chi connectivity index (χ0) is 12.3. The van der Waals surface area contributed by atoms with Crippen LogP contribution in [0.2, 0.25) is 0 Å². The van der Waals surface area contributed by atoms with Crippen LogP contribution in [0.5, 0.6) is 17.2 Å². The normalized spacial score (nSPS) is 11.5. The van der Waals surface area contributed by atoms with Crippen molar-refractivity contribution >= 4 is 0 Å². The lowest BCUT2D eigenvalue weighted by atomic mass is 9.86. The lowest BCUT2D eigenvalue weighted by Gasteiger charge is -2.22. The summed E-state index contributed by atoms with van der Waals surface area (Å²) in [5.74, 6) is -0.109. The second-order valence-electron chi connectivity index (χ2n) is 4.71. The van der Waals surface area contributed by atoms with Crippen LogP contribution in [-0.4, -0.2) is 23.9 Å². The summed E-state index contributed by atoms with van der Waals surface area (Å²) in [6.45, 7) is 4.64. The average molecular weight is 225 g/mol. The van der Waals surface area contributed by atoms with Crippen LogP contribution in [0.1, 0.15) is 19.4 Å². The first-order chi connectivity index (χ1) is 7.39. The molecule has 0 bridgehead atoms. The van der Waals surface area contributed by atoms with Crippen LogP contribution in [-0.2, 0) is 6.42 Å². The number of hydrogen-bond donors (Lipinski definition) is 3. The van der Waals surface area contributed by atoms with Gasteiger partial charge in [0.25, 0.3) is 0 Å². The van der Waals surface area contributed by atoms with E-state index in [0.717, 1.165) is 5.56 Å². The molecule has 90 valence electrons. The van der Waals surface area contributed by atoms with Gasteiger partial charge in [-0.2, -0.15) is 0 Å². The van der Waals surface area contributed by atoms with Gasteiger partial charge in [0, 0.05) is 0 Å². The molecule has 0 heterocycles. The molecule has 0 saturated heterocycles. The number of phenols is 2. The van der Waals surface area contributed by atoms with Gasteiger partial charge in [-0.15, -0.1) is 0 Å². The highest BCUT2D eigenvalue weighted by molar-refractivity contribution is 5.52. The molecule has 16 heavy (non-hydrogen) atoms. The largest absolute Gasteiger partial charge is 0.504 e. The molecule has 0 saturated carbocycles. The summed E-state index contributed by atoms with van der Waals surface area (Å²) < 4.78 is 4.97. The van der Waals surface area contributed by atoms with E-state index in [1.54, 1.807) is 6.07 Å². The third-order valence-electron chi connectivity index (χ3n) is 2.57. The number of nitrogens with two attached hydrogens (primary N) is 1. The summed E-state index contributed by atoms with van der Waals surface area (Å²) in [7, 11) is 1.45. The van der Waals surface area contributed by atoms with E-state index in [0.29, 0.717) is 13.0 Å². The molecule has 1 aromatic carbocycles. The van der Waals surface area contributed by atoms with Crippen LogP contribution in [0.25, 0.3) is 0 Å². The Morgan fingerprint density at radius 1 is 1.31 bits per heavy atom.